The number of aromatic amines is 1. The maximum absolute atomic E-state index is 11.3. The fraction of sp³-hybridized carbons (Fsp3) is 0.333. The summed E-state index contributed by atoms with van der Waals surface area (Å²) < 4.78 is 0. The molecule has 0 bridgehead atoms. The van der Waals surface area contributed by atoms with Gasteiger partial charge in [0.05, 0.1) is 24.0 Å². The second kappa shape index (κ2) is 10.6. The number of anilines is 4. The highest BCUT2D eigenvalue weighted by Gasteiger charge is 2.19. The first-order valence-electron chi connectivity index (χ1n) is 10.8. The third kappa shape index (κ3) is 6.31. The first-order chi connectivity index (χ1) is 15.8. The number of phenolic OH excluding ortho intramolecular Hbond substituents is 1. The summed E-state index contributed by atoms with van der Waals surface area (Å²) in [6.07, 6.45) is 1.61. The van der Waals surface area contributed by atoms with Crippen LogP contribution in [-0.4, -0.2) is 51.2 Å². The summed E-state index contributed by atoms with van der Waals surface area (Å²) in [6, 6.07) is 12.9. The van der Waals surface area contributed by atoms with Gasteiger partial charge in [-0.3, -0.25) is 14.9 Å². The molecular weight excluding hydrogens is 420 g/mol. The van der Waals surface area contributed by atoms with Crippen LogP contribution in [0.4, 0.5) is 23.0 Å². The van der Waals surface area contributed by atoms with E-state index < -0.39 is 5.97 Å². The van der Waals surface area contributed by atoms with Crippen LogP contribution in [0, 0.1) is 5.92 Å². The van der Waals surface area contributed by atoms with Gasteiger partial charge in [0.15, 0.2) is 5.82 Å². The van der Waals surface area contributed by atoms with Gasteiger partial charge in [-0.1, -0.05) is 26.8 Å². The molecule has 0 amide bonds. The zero-order chi connectivity index (χ0) is 24.0. The molecule has 1 atom stereocenters. The van der Waals surface area contributed by atoms with E-state index in [1.54, 1.807) is 25.4 Å². The number of rotatable bonds is 10. The second-order valence-corrected chi connectivity index (χ2v) is 8.35. The lowest BCUT2D eigenvalue weighted by atomic mass is 9.96. The molecule has 0 radical (unpaired) electrons. The Kier molecular flexibility index (Phi) is 7.66. The first kappa shape index (κ1) is 23.8. The van der Waals surface area contributed by atoms with Crippen LogP contribution in [-0.2, 0) is 4.79 Å². The number of aromatic hydroxyl groups is 1. The Hall–Kier alpha value is -3.88. The topological polar surface area (TPSA) is 127 Å². The van der Waals surface area contributed by atoms with Gasteiger partial charge in [-0.05, 0) is 53.8 Å². The van der Waals surface area contributed by atoms with E-state index in [1.807, 2.05) is 37.3 Å². The summed E-state index contributed by atoms with van der Waals surface area (Å²) in [4.78, 5) is 21.7. The number of nitrogens with one attached hydrogen (secondary N) is 2. The van der Waals surface area contributed by atoms with E-state index in [0.717, 1.165) is 29.2 Å². The van der Waals surface area contributed by atoms with Gasteiger partial charge in [0.25, 0.3) is 0 Å². The Morgan fingerprint density at radius 2 is 1.94 bits per heavy atom. The normalized spacial score (nSPS) is 12.3. The van der Waals surface area contributed by atoms with E-state index in [9.17, 15) is 15.0 Å². The molecule has 2 aromatic carbocycles. The molecular formula is C24H30N6O3. The lowest BCUT2D eigenvalue weighted by Crippen LogP contribution is -2.23. The third-order valence-corrected chi connectivity index (χ3v) is 5.07. The maximum atomic E-state index is 11.3. The molecule has 0 saturated heterocycles. The minimum atomic E-state index is -0.843. The highest BCUT2D eigenvalue weighted by Crippen LogP contribution is 2.37. The van der Waals surface area contributed by atoms with Crippen molar-refractivity contribution in [3.05, 3.63) is 53.9 Å². The smallest absolute Gasteiger partial charge is 0.303 e. The molecule has 9 heteroatoms. The monoisotopic (exact) mass is 450 g/mol. The summed E-state index contributed by atoms with van der Waals surface area (Å²) in [7, 11) is 1.66. The van der Waals surface area contributed by atoms with Gasteiger partial charge in [0.2, 0.25) is 5.95 Å². The number of H-pyrrole nitrogens is 1. The molecule has 0 aliphatic heterocycles. The molecule has 174 valence electrons. The number of carboxylic acids is 1. The molecule has 0 unspecified atom stereocenters. The fourth-order valence-electron chi connectivity index (χ4n) is 3.55. The van der Waals surface area contributed by atoms with E-state index in [2.05, 4.69) is 44.2 Å². The molecule has 0 fully saturated rings. The van der Waals surface area contributed by atoms with E-state index in [0.29, 0.717) is 17.7 Å². The number of nitrogens with zero attached hydrogens (tertiary/aromatic N) is 4. The Morgan fingerprint density at radius 1 is 1.21 bits per heavy atom. The van der Waals surface area contributed by atoms with Crippen molar-refractivity contribution >= 4 is 35.2 Å². The minimum Gasteiger partial charge on any atom is -0.508 e. The van der Waals surface area contributed by atoms with Crippen molar-refractivity contribution in [1.82, 2.24) is 15.2 Å². The second-order valence-electron chi connectivity index (χ2n) is 8.35. The van der Waals surface area contributed by atoms with Crippen molar-refractivity contribution in [3.8, 4) is 5.75 Å². The summed E-state index contributed by atoms with van der Waals surface area (Å²) >= 11 is 0. The molecule has 0 spiro atoms. The van der Waals surface area contributed by atoms with Gasteiger partial charge in [-0.25, -0.2) is 0 Å². The number of hydrogen-bond donors (Lipinski definition) is 4. The van der Waals surface area contributed by atoms with Crippen molar-refractivity contribution in [2.45, 2.75) is 33.1 Å². The molecule has 3 aromatic rings. The van der Waals surface area contributed by atoms with Crippen LogP contribution >= 0.6 is 0 Å². The van der Waals surface area contributed by atoms with Crippen molar-refractivity contribution in [3.63, 3.8) is 0 Å². The van der Waals surface area contributed by atoms with Gasteiger partial charge in [-0.2, -0.15) is 4.98 Å². The number of carboxylic acid groups (broad SMARTS) is 1. The predicted octanol–water partition coefficient (Wildman–Crippen LogP) is 4.67. The zero-order valence-electron chi connectivity index (χ0n) is 19.3. The van der Waals surface area contributed by atoms with Crippen LogP contribution < -0.4 is 10.2 Å². The number of aliphatic imine (C=N–C) groups is 1. The predicted molar refractivity (Wildman–Crippen MR) is 130 cm³/mol. The summed E-state index contributed by atoms with van der Waals surface area (Å²) in [6.45, 7) is 6.89. The number of benzene rings is 2. The highest BCUT2D eigenvalue weighted by molar-refractivity contribution is 5.81. The molecule has 3 rings (SSSR count). The van der Waals surface area contributed by atoms with E-state index in [1.165, 1.54) is 0 Å². The van der Waals surface area contributed by atoms with E-state index in [4.69, 9.17) is 0 Å². The van der Waals surface area contributed by atoms with Crippen molar-refractivity contribution in [1.29, 1.82) is 0 Å². The Bertz CT molecular complexity index is 1110. The van der Waals surface area contributed by atoms with Crippen molar-refractivity contribution in [2.75, 3.05) is 23.8 Å². The number of phenols is 1. The molecule has 1 aromatic heterocycles. The molecule has 1 heterocycles. The van der Waals surface area contributed by atoms with Crippen LogP contribution in [0.2, 0.25) is 0 Å². The first-order valence-corrected chi connectivity index (χ1v) is 10.8. The van der Waals surface area contributed by atoms with Crippen molar-refractivity contribution in [2.24, 2.45) is 10.9 Å². The van der Waals surface area contributed by atoms with Crippen LogP contribution in [0.15, 0.2) is 47.5 Å². The Labute approximate surface area is 193 Å². The fourth-order valence-corrected chi connectivity index (χ4v) is 3.55. The number of carbonyl (C=O) groups is 1. The van der Waals surface area contributed by atoms with E-state index >= 15 is 0 Å². The van der Waals surface area contributed by atoms with E-state index in [-0.39, 0.29) is 18.1 Å². The van der Waals surface area contributed by atoms with Gasteiger partial charge in [-0.15, -0.1) is 5.10 Å². The largest absolute Gasteiger partial charge is 0.508 e. The minimum absolute atomic E-state index is 0.0320. The van der Waals surface area contributed by atoms with Gasteiger partial charge in [0, 0.05) is 19.3 Å². The van der Waals surface area contributed by atoms with Crippen LogP contribution in [0.5, 0.6) is 5.75 Å². The summed E-state index contributed by atoms with van der Waals surface area (Å²) in [5.74, 6) is 0.445. The van der Waals surface area contributed by atoms with Crippen LogP contribution in [0.25, 0.3) is 0 Å². The standard InChI is InChI=1S/C24H30N6O3/c1-15(2)14-30(18-6-8-19(31)9-7-18)21-10-5-17(16(3)11-23(32)33)12-20(21)26-24-27-22(13-25-4)28-29-24/h5-10,12-13,15-16,31H,11,14H2,1-4H3,(H,32,33)(H2,26,27,28,29)/b25-13+/t16-/m1/s1. The Morgan fingerprint density at radius 3 is 2.58 bits per heavy atom. The van der Waals surface area contributed by atoms with Gasteiger partial charge >= 0.3 is 5.97 Å². The van der Waals surface area contributed by atoms with Crippen LogP contribution in [0.3, 0.4) is 0 Å². The quantitative estimate of drug-likeness (QED) is 0.330. The molecule has 33 heavy (non-hydrogen) atoms. The zero-order valence-corrected chi connectivity index (χ0v) is 19.3. The number of hydrogen-bond acceptors (Lipinski definition) is 7. The lowest BCUT2D eigenvalue weighted by Gasteiger charge is -2.29. The van der Waals surface area contributed by atoms with Gasteiger partial charge in [0.1, 0.15) is 5.75 Å². The third-order valence-electron chi connectivity index (χ3n) is 5.07. The molecule has 4 N–H and O–H groups in total. The number of aliphatic carboxylic acids is 1. The highest BCUT2D eigenvalue weighted by atomic mass is 16.4. The van der Waals surface area contributed by atoms with Crippen LogP contribution in [0.1, 0.15) is 44.5 Å². The average molecular weight is 451 g/mol. The maximum Gasteiger partial charge on any atom is 0.303 e. The lowest BCUT2D eigenvalue weighted by molar-refractivity contribution is -0.137. The van der Waals surface area contributed by atoms with Crippen molar-refractivity contribution < 1.29 is 15.0 Å². The van der Waals surface area contributed by atoms with Gasteiger partial charge < -0.3 is 20.4 Å². The Balaban J connectivity index is 2.07. The average Bonchev–Trinajstić information content (AvgIpc) is 3.19. The molecule has 0 saturated carbocycles. The summed E-state index contributed by atoms with van der Waals surface area (Å²) in [5.41, 5.74) is 3.45. The molecule has 0 aliphatic rings. The SMILES string of the molecule is C/N=C/c1nc(Nc2cc([C@H](C)CC(=O)O)ccc2N(CC(C)C)c2ccc(O)cc2)n[nH]1. The molecule has 0 aliphatic carbocycles. The molecule has 9 nitrogen and oxygen atoms in total. The summed E-state index contributed by atoms with van der Waals surface area (Å²) in [5, 5.41) is 29.3. The number of aromatic nitrogens is 3.